The van der Waals surface area contributed by atoms with Gasteiger partial charge in [0.15, 0.2) is 0 Å². The molecular formula is C16H20FNO. The van der Waals surface area contributed by atoms with E-state index in [1.807, 2.05) is 0 Å². The molecule has 1 aromatic carbocycles. The zero-order valence-electron chi connectivity index (χ0n) is 11.1. The lowest BCUT2D eigenvalue weighted by Crippen LogP contribution is -2.26. The Morgan fingerprint density at radius 2 is 2.00 bits per heavy atom. The molecule has 0 heterocycles. The minimum absolute atomic E-state index is 0.141. The number of nitrogens with one attached hydrogen (secondary N) is 1. The molecule has 3 heteroatoms. The Morgan fingerprint density at radius 1 is 1.21 bits per heavy atom. The molecule has 1 N–H and O–H groups in total. The molecule has 2 aliphatic carbocycles. The zero-order chi connectivity index (χ0) is 13.2. The summed E-state index contributed by atoms with van der Waals surface area (Å²) in [6, 6.07) is 6.29. The number of rotatable bonds is 4. The molecule has 2 nitrogen and oxygen atoms in total. The normalized spacial score (nSPS) is 28.6. The number of carbonyl (C=O) groups is 1. The minimum atomic E-state index is -0.239. The second-order valence-corrected chi connectivity index (χ2v) is 6.04. The molecule has 0 aliphatic heterocycles. The van der Waals surface area contributed by atoms with Crippen molar-refractivity contribution >= 4 is 5.91 Å². The Morgan fingerprint density at radius 3 is 2.63 bits per heavy atom. The molecule has 0 saturated heterocycles. The maximum atomic E-state index is 12.8. The largest absolute Gasteiger partial charge is 0.352 e. The molecule has 2 bridgehead atoms. The fourth-order valence-electron chi connectivity index (χ4n) is 3.74. The Labute approximate surface area is 113 Å². The van der Waals surface area contributed by atoms with Crippen molar-refractivity contribution in [2.45, 2.75) is 38.6 Å². The lowest BCUT2D eigenvalue weighted by Gasteiger charge is -2.20. The van der Waals surface area contributed by atoms with E-state index >= 15 is 0 Å². The first-order valence-corrected chi connectivity index (χ1v) is 7.22. The zero-order valence-corrected chi connectivity index (χ0v) is 11.1. The summed E-state index contributed by atoms with van der Waals surface area (Å²) in [5, 5.41) is 2.94. The predicted octanol–water partition coefficient (Wildman–Crippen LogP) is 3.27. The highest BCUT2D eigenvalue weighted by Crippen LogP contribution is 2.49. The maximum absolute atomic E-state index is 12.8. The summed E-state index contributed by atoms with van der Waals surface area (Å²) < 4.78 is 12.8. The molecule has 2 saturated carbocycles. The van der Waals surface area contributed by atoms with Crippen molar-refractivity contribution in [3.63, 3.8) is 0 Å². The first-order chi connectivity index (χ1) is 9.20. The third kappa shape index (κ3) is 2.96. The van der Waals surface area contributed by atoms with Gasteiger partial charge in [-0.2, -0.15) is 0 Å². The maximum Gasteiger partial charge on any atom is 0.220 e. The SMILES string of the molecule is O=C(C[C@H]1C[C@H]2CC[C@H]1C2)NCc1ccc(F)cc1. The van der Waals surface area contributed by atoms with Crippen molar-refractivity contribution in [2.24, 2.45) is 17.8 Å². The van der Waals surface area contributed by atoms with E-state index in [9.17, 15) is 9.18 Å². The molecule has 1 aromatic rings. The van der Waals surface area contributed by atoms with Crippen LogP contribution in [0.2, 0.25) is 0 Å². The molecule has 1 amide bonds. The lowest BCUT2D eigenvalue weighted by molar-refractivity contribution is -0.122. The number of carbonyl (C=O) groups excluding carboxylic acids is 1. The van der Waals surface area contributed by atoms with Crippen molar-refractivity contribution in [1.29, 1.82) is 0 Å². The highest BCUT2D eigenvalue weighted by atomic mass is 19.1. The summed E-state index contributed by atoms with van der Waals surface area (Å²) in [7, 11) is 0. The van der Waals surface area contributed by atoms with Crippen LogP contribution in [-0.4, -0.2) is 5.91 Å². The summed E-state index contributed by atoms with van der Waals surface area (Å²) >= 11 is 0. The van der Waals surface area contributed by atoms with Crippen LogP contribution in [0.25, 0.3) is 0 Å². The molecule has 0 aromatic heterocycles. The highest BCUT2D eigenvalue weighted by molar-refractivity contribution is 5.76. The van der Waals surface area contributed by atoms with Crippen molar-refractivity contribution in [2.75, 3.05) is 0 Å². The predicted molar refractivity (Wildman–Crippen MR) is 71.8 cm³/mol. The Bertz CT molecular complexity index is 456. The molecule has 0 unspecified atom stereocenters. The smallest absolute Gasteiger partial charge is 0.220 e. The summed E-state index contributed by atoms with van der Waals surface area (Å²) in [6.07, 6.45) is 5.95. The number of hydrogen-bond acceptors (Lipinski definition) is 1. The van der Waals surface area contributed by atoms with E-state index in [0.717, 1.165) is 17.4 Å². The number of hydrogen-bond donors (Lipinski definition) is 1. The second-order valence-electron chi connectivity index (χ2n) is 6.04. The monoisotopic (exact) mass is 261 g/mol. The molecule has 102 valence electrons. The summed E-state index contributed by atoms with van der Waals surface area (Å²) in [5.41, 5.74) is 0.947. The van der Waals surface area contributed by atoms with Crippen LogP contribution < -0.4 is 5.32 Å². The van der Waals surface area contributed by atoms with Crippen LogP contribution in [0.3, 0.4) is 0 Å². The number of benzene rings is 1. The average Bonchev–Trinajstić information content (AvgIpc) is 3.00. The molecule has 3 rings (SSSR count). The van der Waals surface area contributed by atoms with Gasteiger partial charge in [0.1, 0.15) is 5.82 Å². The Kier molecular flexibility index (Phi) is 3.54. The van der Waals surface area contributed by atoms with Crippen LogP contribution >= 0.6 is 0 Å². The van der Waals surface area contributed by atoms with E-state index in [1.165, 1.54) is 37.8 Å². The Hall–Kier alpha value is -1.38. The summed E-state index contributed by atoms with van der Waals surface area (Å²) in [5.74, 6) is 2.19. The van der Waals surface area contributed by atoms with Gasteiger partial charge in [-0.15, -0.1) is 0 Å². The van der Waals surface area contributed by atoms with Crippen LogP contribution in [0, 0.1) is 23.6 Å². The molecule has 2 fully saturated rings. The van der Waals surface area contributed by atoms with Gasteiger partial charge in [0.25, 0.3) is 0 Å². The second kappa shape index (κ2) is 5.32. The molecule has 0 radical (unpaired) electrons. The highest BCUT2D eigenvalue weighted by Gasteiger charge is 2.39. The first kappa shape index (κ1) is 12.6. The van der Waals surface area contributed by atoms with Crippen LogP contribution in [0.15, 0.2) is 24.3 Å². The van der Waals surface area contributed by atoms with Gasteiger partial charge >= 0.3 is 0 Å². The van der Waals surface area contributed by atoms with E-state index in [4.69, 9.17) is 0 Å². The minimum Gasteiger partial charge on any atom is -0.352 e. The number of halogens is 1. The lowest BCUT2D eigenvalue weighted by atomic mass is 9.86. The quantitative estimate of drug-likeness (QED) is 0.885. The van der Waals surface area contributed by atoms with Gasteiger partial charge in [-0.3, -0.25) is 4.79 Å². The molecule has 2 aliphatic rings. The summed E-state index contributed by atoms with van der Waals surface area (Å²) in [6.45, 7) is 0.500. The first-order valence-electron chi connectivity index (χ1n) is 7.22. The van der Waals surface area contributed by atoms with Crippen LogP contribution in [-0.2, 0) is 11.3 Å². The molecular weight excluding hydrogens is 241 g/mol. The third-order valence-corrected chi connectivity index (χ3v) is 4.74. The van der Waals surface area contributed by atoms with E-state index in [0.29, 0.717) is 18.9 Å². The van der Waals surface area contributed by atoms with Gasteiger partial charge in [0.05, 0.1) is 0 Å². The topological polar surface area (TPSA) is 29.1 Å². The van der Waals surface area contributed by atoms with E-state index in [-0.39, 0.29) is 11.7 Å². The van der Waals surface area contributed by atoms with E-state index in [1.54, 1.807) is 12.1 Å². The van der Waals surface area contributed by atoms with E-state index < -0.39 is 0 Å². The van der Waals surface area contributed by atoms with Crippen molar-refractivity contribution in [3.05, 3.63) is 35.6 Å². The van der Waals surface area contributed by atoms with Crippen LogP contribution in [0.5, 0.6) is 0 Å². The fourth-order valence-corrected chi connectivity index (χ4v) is 3.74. The van der Waals surface area contributed by atoms with Crippen molar-refractivity contribution in [1.82, 2.24) is 5.32 Å². The Balaban J connectivity index is 1.45. The standard InChI is InChI=1S/C16H20FNO/c17-15-5-2-11(3-6-15)10-18-16(19)9-14-8-12-1-4-13(14)7-12/h2-3,5-6,12-14H,1,4,7-10H2,(H,18,19)/t12-,13-,14+/m0/s1. The van der Waals surface area contributed by atoms with Gasteiger partial charge in [-0.05, 0) is 54.7 Å². The van der Waals surface area contributed by atoms with Crippen molar-refractivity contribution in [3.8, 4) is 0 Å². The van der Waals surface area contributed by atoms with Crippen molar-refractivity contribution < 1.29 is 9.18 Å². The van der Waals surface area contributed by atoms with E-state index in [2.05, 4.69) is 5.32 Å². The van der Waals surface area contributed by atoms with Gasteiger partial charge in [0, 0.05) is 13.0 Å². The summed E-state index contributed by atoms with van der Waals surface area (Å²) in [4.78, 5) is 11.9. The molecule has 19 heavy (non-hydrogen) atoms. The van der Waals surface area contributed by atoms with Crippen LogP contribution in [0.4, 0.5) is 4.39 Å². The third-order valence-electron chi connectivity index (χ3n) is 4.74. The van der Waals surface area contributed by atoms with Gasteiger partial charge < -0.3 is 5.32 Å². The number of fused-ring (bicyclic) bond motifs is 2. The van der Waals surface area contributed by atoms with Gasteiger partial charge in [0.2, 0.25) is 5.91 Å². The number of amides is 1. The average molecular weight is 261 g/mol. The van der Waals surface area contributed by atoms with Gasteiger partial charge in [-0.25, -0.2) is 4.39 Å². The van der Waals surface area contributed by atoms with Crippen LogP contribution in [0.1, 0.15) is 37.7 Å². The van der Waals surface area contributed by atoms with Gasteiger partial charge in [-0.1, -0.05) is 18.6 Å². The molecule has 3 atom stereocenters. The molecule has 0 spiro atoms. The fraction of sp³-hybridized carbons (Fsp3) is 0.562.